The normalized spacial score (nSPS) is 14.8. The van der Waals surface area contributed by atoms with Gasteiger partial charge in [0.25, 0.3) is 0 Å². The lowest BCUT2D eigenvalue weighted by Gasteiger charge is -2.15. The number of anilines is 1. The predicted molar refractivity (Wildman–Crippen MR) is 88.6 cm³/mol. The fraction of sp³-hybridized carbons (Fsp3) is 0.278. The summed E-state index contributed by atoms with van der Waals surface area (Å²) in [5.74, 6) is 1.48. The van der Waals surface area contributed by atoms with Gasteiger partial charge in [0.1, 0.15) is 5.75 Å². The SMILES string of the molecule is O=C(Nc1cc(Cl)ccc1Oc1ccccc1)C1CCCC1. The summed E-state index contributed by atoms with van der Waals surface area (Å²) < 4.78 is 5.85. The van der Waals surface area contributed by atoms with E-state index in [9.17, 15) is 4.79 Å². The minimum absolute atomic E-state index is 0.0534. The van der Waals surface area contributed by atoms with Crippen molar-refractivity contribution in [3.8, 4) is 11.5 Å². The molecule has 3 nitrogen and oxygen atoms in total. The molecule has 0 aliphatic heterocycles. The van der Waals surface area contributed by atoms with Gasteiger partial charge in [-0.2, -0.15) is 0 Å². The van der Waals surface area contributed by atoms with Crippen molar-refractivity contribution in [2.45, 2.75) is 25.7 Å². The Labute approximate surface area is 135 Å². The molecule has 0 atom stereocenters. The van der Waals surface area contributed by atoms with Gasteiger partial charge >= 0.3 is 0 Å². The van der Waals surface area contributed by atoms with Crippen LogP contribution in [-0.2, 0) is 4.79 Å². The number of amides is 1. The summed E-state index contributed by atoms with van der Waals surface area (Å²) in [6, 6.07) is 14.7. The maximum absolute atomic E-state index is 12.3. The van der Waals surface area contributed by atoms with Gasteiger partial charge in [-0.05, 0) is 43.2 Å². The molecule has 0 radical (unpaired) electrons. The molecular weight excluding hydrogens is 298 g/mol. The van der Waals surface area contributed by atoms with E-state index in [0.29, 0.717) is 16.5 Å². The highest BCUT2D eigenvalue weighted by Crippen LogP contribution is 2.33. The molecule has 1 fully saturated rings. The van der Waals surface area contributed by atoms with Crippen molar-refractivity contribution < 1.29 is 9.53 Å². The Kier molecular flexibility index (Phi) is 4.64. The van der Waals surface area contributed by atoms with Gasteiger partial charge in [0, 0.05) is 10.9 Å². The van der Waals surface area contributed by atoms with Crippen molar-refractivity contribution in [3.63, 3.8) is 0 Å². The average molecular weight is 316 g/mol. The van der Waals surface area contributed by atoms with E-state index in [0.717, 1.165) is 31.4 Å². The molecule has 3 rings (SSSR count). The first kappa shape index (κ1) is 14.9. The minimum atomic E-state index is 0.0534. The number of benzene rings is 2. The highest BCUT2D eigenvalue weighted by Gasteiger charge is 2.23. The van der Waals surface area contributed by atoms with E-state index >= 15 is 0 Å². The first-order chi connectivity index (χ1) is 10.7. The molecule has 0 unspecified atom stereocenters. The molecule has 1 aliphatic rings. The molecule has 0 spiro atoms. The number of hydrogen-bond acceptors (Lipinski definition) is 2. The zero-order chi connectivity index (χ0) is 15.4. The van der Waals surface area contributed by atoms with E-state index in [2.05, 4.69) is 5.32 Å². The van der Waals surface area contributed by atoms with Crippen molar-refractivity contribution >= 4 is 23.2 Å². The van der Waals surface area contributed by atoms with Crippen LogP contribution in [0, 0.1) is 5.92 Å². The largest absolute Gasteiger partial charge is 0.455 e. The lowest BCUT2D eigenvalue weighted by molar-refractivity contribution is -0.119. The van der Waals surface area contributed by atoms with Crippen LogP contribution in [0.4, 0.5) is 5.69 Å². The summed E-state index contributed by atoms with van der Waals surface area (Å²) in [4.78, 5) is 12.3. The summed E-state index contributed by atoms with van der Waals surface area (Å²) >= 11 is 6.06. The Morgan fingerprint density at radius 3 is 2.55 bits per heavy atom. The van der Waals surface area contributed by atoms with E-state index in [1.54, 1.807) is 18.2 Å². The lowest BCUT2D eigenvalue weighted by atomic mass is 10.1. The number of halogens is 1. The first-order valence-corrected chi connectivity index (χ1v) is 7.93. The van der Waals surface area contributed by atoms with Crippen LogP contribution in [0.1, 0.15) is 25.7 Å². The molecule has 4 heteroatoms. The second-order valence-corrected chi connectivity index (χ2v) is 5.96. The minimum Gasteiger partial charge on any atom is -0.455 e. The van der Waals surface area contributed by atoms with Crippen LogP contribution in [0.25, 0.3) is 0 Å². The van der Waals surface area contributed by atoms with Crippen molar-refractivity contribution in [2.24, 2.45) is 5.92 Å². The van der Waals surface area contributed by atoms with Crippen LogP contribution >= 0.6 is 11.6 Å². The van der Waals surface area contributed by atoms with E-state index in [-0.39, 0.29) is 11.8 Å². The standard InChI is InChI=1S/C18H18ClNO2/c19-14-10-11-17(22-15-8-2-1-3-9-15)16(12-14)20-18(21)13-6-4-5-7-13/h1-3,8-13H,4-7H2,(H,20,21). The van der Waals surface area contributed by atoms with Crippen molar-refractivity contribution in [3.05, 3.63) is 53.6 Å². The topological polar surface area (TPSA) is 38.3 Å². The van der Waals surface area contributed by atoms with Crippen molar-refractivity contribution in [1.82, 2.24) is 0 Å². The summed E-state index contributed by atoms with van der Waals surface area (Å²) in [5.41, 5.74) is 0.619. The monoisotopic (exact) mass is 315 g/mol. The van der Waals surface area contributed by atoms with Crippen molar-refractivity contribution in [1.29, 1.82) is 0 Å². The van der Waals surface area contributed by atoms with Gasteiger partial charge in [-0.1, -0.05) is 42.6 Å². The number of rotatable bonds is 4. The Morgan fingerprint density at radius 2 is 1.82 bits per heavy atom. The van der Waals surface area contributed by atoms with Gasteiger partial charge < -0.3 is 10.1 Å². The number of ether oxygens (including phenoxy) is 1. The molecular formula is C18H18ClNO2. The quantitative estimate of drug-likeness (QED) is 0.835. The predicted octanol–water partition coefficient (Wildman–Crippen LogP) is 5.26. The Balaban J connectivity index is 1.79. The van der Waals surface area contributed by atoms with Gasteiger partial charge in [0.15, 0.2) is 5.75 Å². The summed E-state index contributed by atoms with van der Waals surface area (Å²) in [6.45, 7) is 0. The molecule has 2 aromatic carbocycles. The smallest absolute Gasteiger partial charge is 0.227 e. The van der Waals surface area contributed by atoms with Crippen molar-refractivity contribution in [2.75, 3.05) is 5.32 Å². The zero-order valence-corrected chi connectivity index (χ0v) is 13.0. The van der Waals surface area contributed by atoms with E-state index in [4.69, 9.17) is 16.3 Å². The van der Waals surface area contributed by atoms with Crippen LogP contribution in [0.15, 0.2) is 48.5 Å². The van der Waals surface area contributed by atoms with E-state index < -0.39 is 0 Å². The third kappa shape index (κ3) is 3.60. The molecule has 114 valence electrons. The van der Waals surface area contributed by atoms with Gasteiger partial charge in [-0.15, -0.1) is 0 Å². The van der Waals surface area contributed by atoms with Crippen LogP contribution in [-0.4, -0.2) is 5.91 Å². The van der Waals surface area contributed by atoms with Gasteiger partial charge in [0.2, 0.25) is 5.91 Å². The summed E-state index contributed by atoms with van der Waals surface area (Å²) in [5, 5.41) is 3.54. The molecule has 0 aromatic heterocycles. The number of nitrogens with one attached hydrogen (secondary N) is 1. The highest BCUT2D eigenvalue weighted by atomic mass is 35.5. The molecule has 1 aliphatic carbocycles. The van der Waals surface area contributed by atoms with Crippen LogP contribution < -0.4 is 10.1 Å². The fourth-order valence-electron chi connectivity index (χ4n) is 2.73. The Morgan fingerprint density at radius 1 is 1.09 bits per heavy atom. The lowest BCUT2D eigenvalue weighted by Crippen LogP contribution is -2.20. The molecule has 2 aromatic rings. The van der Waals surface area contributed by atoms with Gasteiger partial charge in [-0.25, -0.2) is 0 Å². The average Bonchev–Trinajstić information content (AvgIpc) is 3.05. The number of para-hydroxylation sites is 1. The van der Waals surface area contributed by atoms with E-state index in [1.165, 1.54) is 0 Å². The number of carbonyl (C=O) groups excluding carboxylic acids is 1. The summed E-state index contributed by atoms with van der Waals surface area (Å²) in [6.07, 6.45) is 4.17. The molecule has 1 saturated carbocycles. The number of carbonyl (C=O) groups is 1. The highest BCUT2D eigenvalue weighted by molar-refractivity contribution is 6.31. The van der Waals surface area contributed by atoms with Gasteiger partial charge in [-0.3, -0.25) is 4.79 Å². The van der Waals surface area contributed by atoms with Crippen LogP contribution in [0.2, 0.25) is 5.02 Å². The molecule has 0 bridgehead atoms. The molecule has 0 heterocycles. The number of hydrogen-bond donors (Lipinski definition) is 1. The maximum atomic E-state index is 12.3. The second-order valence-electron chi connectivity index (χ2n) is 5.53. The van der Waals surface area contributed by atoms with Crippen LogP contribution in [0.3, 0.4) is 0 Å². The zero-order valence-electron chi connectivity index (χ0n) is 12.2. The maximum Gasteiger partial charge on any atom is 0.227 e. The first-order valence-electron chi connectivity index (χ1n) is 7.56. The third-order valence-electron chi connectivity index (χ3n) is 3.90. The van der Waals surface area contributed by atoms with Gasteiger partial charge in [0.05, 0.1) is 5.69 Å². The second kappa shape index (κ2) is 6.84. The third-order valence-corrected chi connectivity index (χ3v) is 4.13. The molecule has 1 amide bonds. The molecule has 1 N–H and O–H groups in total. The molecule has 0 saturated heterocycles. The summed E-state index contributed by atoms with van der Waals surface area (Å²) in [7, 11) is 0. The molecule has 22 heavy (non-hydrogen) atoms. The van der Waals surface area contributed by atoms with E-state index in [1.807, 2.05) is 30.3 Å². The Bertz CT molecular complexity index is 651. The Hall–Kier alpha value is -2.00. The fourth-order valence-corrected chi connectivity index (χ4v) is 2.90. The van der Waals surface area contributed by atoms with Crippen LogP contribution in [0.5, 0.6) is 11.5 Å².